The molecule has 0 spiro atoms. The van der Waals surface area contributed by atoms with E-state index in [0.717, 1.165) is 0 Å². The van der Waals surface area contributed by atoms with Crippen LogP contribution in [0.4, 0.5) is 0 Å². The molecule has 1 aliphatic carbocycles. The molecule has 0 aromatic carbocycles. The smallest absolute Gasteiger partial charge is 0.243 e. The Bertz CT molecular complexity index is 475. The molecule has 6 nitrogen and oxygen atoms in total. The van der Waals surface area contributed by atoms with E-state index < -0.39 is 10.0 Å². The van der Waals surface area contributed by atoms with Crippen LogP contribution in [0.1, 0.15) is 25.7 Å². The van der Waals surface area contributed by atoms with Crippen molar-refractivity contribution in [2.45, 2.75) is 42.7 Å². The molecule has 0 amide bonds. The number of hydrogen-bond donors (Lipinski definition) is 2. The highest BCUT2D eigenvalue weighted by molar-refractivity contribution is 7.89. The zero-order valence-electron chi connectivity index (χ0n) is 9.70. The Kier molecular flexibility index (Phi) is 3.50. The van der Waals surface area contributed by atoms with E-state index in [1.807, 2.05) is 0 Å². The minimum Gasteiger partial charge on any atom is -0.393 e. The van der Waals surface area contributed by atoms with Crippen molar-refractivity contribution < 1.29 is 13.5 Å². The minimum atomic E-state index is -3.47. The van der Waals surface area contributed by atoms with Gasteiger partial charge in [-0.15, -0.1) is 0 Å². The first-order valence-electron chi connectivity index (χ1n) is 5.66. The van der Waals surface area contributed by atoms with Gasteiger partial charge >= 0.3 is 0 Å². The molecule has 0 aliphatic heterocycles. The first-order valence-corrected chi connectivity index (χ1v) is 7.15. The first-order chi connectivity index (χ1) is 7.97. The maximum absolute atomic E-state index is 12.0. The molecule has 96 valence electrons. The number of nitrogens with one attached hydrogen (secondary N) is 1. The van der Waals surface area contributed by atoms with E-state index >= 15 is 0 Å². The largest absolute Gasteiger partial charge is 0.393 e. The summed E-state index contributed by atoms with van der Waals surface area (Å²) in [6.07, 6.45) is 5.19. The van der Waals surface area contributed by atoms with Gasteiger partial charge in [-0.05, 0) is 25.7 Å². The Balaban J connectivity index is 2.03. The molecule has 1 saturated carbocycles. The molecule has 1 aromatic heterocycles. The van der Waals surface area contributed by atoms with Crippen LogP contribution in [0.5, 0.6) is 0 Å². The van der Waals surface area contributed by atoms with Gasteiger partial charge in [0.25, 0.3) is 0 Å². The van der Waals surface area contributed by atoms with Gasteiger partial charge in [0.05, 0.1) is 12.3 Å². The number of aliphatic hydroxyl groups excluding tert-OH is 1. The summed E-state index contributed by atoms with van der Waals surface area (Å²) in [6.45, 7) is 0. The third-order valence-electron chi connectivity index (χ3n) is 3.01. The molecule has 1 heterocycles. The van der Waals surface area contributed by atoms with Crippen LogP contribution < -0.4 is 4.72 Å². The predicted molar refractivity (Wildman–Crippen MR) is 61.8 cm³/mol. The van der Waals surface area contributed by atoms with Crippen LogP contribution in [0.25, 0.3) is 0 Å². The Morgan fingerprint density at radius 2 is 2.06 bits per heavy atom. The molecule has 1 aliphatic rings. The first kappa shape index (κ1) is 12.5. The number of rotatable bonds is 3. The Morgan fingerprint density at radius 3 is 2.59 bits per heavy atom. The number of aliphatic hydroxyl groups is 1. The molecule has 2 N–H and O–H groups in total. The number of nitrogens with zero attached hydrogens (tertiary/aromatic N) is 2. The van der Waals surface area contributed by atoms with Gasteiger partial charge in [0.15, 0.2) is 0 Å². The third-order valence-corrected chi connectivity index (χ3v) is 4.49. The zero-order chi connectivity index (χ0) is 12.5. The predicted octanol–water partition coefficient (Wildman–Crippen LogP) is 0.00190. The highest BCUT2D eigenvalue weighted by Crippen LogP contribution is 2.20. The molecule has 17 heavy (non-hydrogen) atoms. The molecule has 0 unspecified atom stereocenters. The maximum atomic E-state index is 12.0. The summed E-state index contributed by atoms with van der Waals surface area (Å²) < 4.78 is 28.0. The summed E-state index contributed by atoms with van der Waals surface area (Å²) in [4.78, 5) is 0.186. The average Bonchev–Trinajstić information content (AvgIpc) is 2.69. The van der Waals surface area contributed by atoms with Crippen LogP contribution >= 0.6 is 0 Å². The van der Waals surface area contributed by atoms with Crippen LogP contribution in [0.2, 0.25) is 0 Å². The third kappa shape index (κ3) is 3.05. The fourth-order valence-corrected chi connectivity index (χ4v) is 3.31. The molecule has 7 heteroatoms. The number of sulfonamides is 1. The van der Waals surface area contributed by atoms with Gasteiger partial charge in [-0.2, -0.15) is 5.10 Å². The highest BCUT2D eigenvalue weighted by atomic mass is 32.2. The lowest BCUT2D eigenvalue weighted by Gasteiger charge is -2.25. The van der Waals surface area contributed by atoms with Gasteiger partial charge in [-0.1, -0.05) is 0 Å². The van der Waals surface area contributed by atoms with Crippen molar-refractivity contribution in [1.29, 1.82) is 0 Å². The lowest BCUT2D eigenvalue weighted by atomic mass is 9.94. The summed E-state index contributed by atoms with van der Waals surface area (Å²) >= 11 is 0. The highest BCUT2D eigenvalue weighted by Gasteiger charge is 2.25. The second kappa shape index (κ2) is 4.75. The molecule has 0 saturated heterocycles. The van der Waals surface area contributed by atoms with Crippen molar-refractivity contribution in [2.24, 2.45) is 7.05 Å². The summed E-state index contributed by atoms with van der Waals surface area (Å²) in [6, 6.07) is -0.0800. The molecular weight excluding hydrogens is 242 g/mol. The van der Waals surface area contributed by atoms with Gasteiger partial charge in [0.1, 0.15) is 4.90 Å². The fourth-order valence-electron chi connectivity index (χ4n) is 2.02. The molecule has 1 aromatic rings. The quantitative estimate of drug-likeness (QED) is 0.800. The normalized spacial score (nSPS) is 26.0. The van der Waals surface area contributed by atoms with Gasteiger partial charge in [0.2, 0.25) is 10.0 Å². The standard InChI is InChI=1S/C10H17N3O3S/c1-13-7-10(6-11-13)17(15,16)12-8-2-4-9(14)5-3-8/h6-9,12,14H,2-5H2,1H3. The van der Waals surface area contributed by atoms with Crippen molar-refractivity contribution in [3.05, 3.63) is 12.4 Å². The van der Waals surface area contributed by atoms with Crippen LogP contribution in [-0.2, 0) is 17.1 Å². The van der Waals surface area contributed by atoms with E-state index in [4.69, 9.17) is 0 Å². The molecule has 1 fully saturated rings. The lowest BCUT2D eigenvalue weighted by molar-refractivity contribution is 0.120. The molecule has 0 radical (unpaired) electrons. The van der Waals surface area contributed by atoms with Crippen molar-refractivity contribution in [3.63, 3.8) is 0 Å². The van der Waals surface area contributed by atoms with Crippen molar-refractivity contribution in [2.75, 3.05) is 0 Å². The number of hydrogen-bond acceptors (Lipinski definition) is 4. The Hall–Kier alpha value is -0.920. The second-order valence-corrected chi connectivity index (χ2v) is 6.19. The van der Waals surface area contributed by atoms with Crippen LogP contribution in [-0.4, -0.2) is 35.5 Å². The maximum Gasteiger partial charge on any atom is 0.243 e. The number of aromatic nitrogens is 2. The summed E-state index contributed by atoms with van der Waals surface area (Å²) in [7, 11) is -1.79. The van der Waals surface area contributed by atoms with Crippen LogP contribution in [0.3, 0.4) is 0 Å². The van der Waals surface area contributed by atoms with E-state index in [9.17, 15) is 13.5 Å². The SMILES string of the molecule is Cn1cc(S(=O)(=O)NC2CCC(O)CC2)cn1. The average molecular weight is 259 g/mol. The monoisotopic (exact) mass is 259 g/mol. The molecular formula is C10H17N3O3S. The Morgan fingerprint density at radius 1 is 1.41 bits per heavy atom. The fraction of sp³-hybridized carbons (Fsp3) is 0.700. The summed E-state index contributed by atoms with van der Waals surface area (Å²) in [5.41, 5.74) is 0. The minimum absolute atomic E-state index is 0.0800. The molecule has 0 atom stereocenters. The topological polar surface area (TPSA) is 84.2 Å². The zero-order valence-corrected chi connectivity index (χ0v) is 10.5. The Labute approximate surface area is 101 Å². The lowest BCUT2D eigenvalue weighted by Crippen LogP contribution is -2.38. The van der Waals surface area contributed by atoms with E-state index in [0.29, 0.717) is 25.7 Å². The van der Waals surface area contributed by atoms with Crippen molar-refractivity contribution >= 4 is 10.0 Å². The van der Waals surface area contributed by atoms with Crippen LogP contribution in [0.15, 0.2) is 17.3 Å². The molecule has 2 rings (SSSR count). The van der Waals surface area contributed by atoms with Gasteiger partial charge in [-0.3, -0.25) is 4.68 Å². The second-order valence-electron chi connectivity index (χ2n) is 4.48. The van der Waals surface area contributed by atoms with Gasteiger partial charge < -0.3 is 5.11 Å². The summed E-state index contributed by atoms with van der Waals surface area (Å²) in [5.74, 6) is 0. The van der Waals surface area contributed by atoms with E-state index in [-0.39, 0.29) is 17.0 Å². The van der Waals surface area contributed by atoms with Gasteiger partial charge in [0, 0.05) is 19.3 Å². The van der Waals surface area contributed by atoms with E-state index in [2.05, 4.69) is 9.82 Å². The molecule has 0 bridgehead atoms. The van der Waals surface area contributed by atoms with Gasteiger partial charge in [-0.25, -0.2) is 13.1 Å². The van der Waals surface area contributed by atoms with E-state index in [1.165, 1.54) is 17.1 Å². The number of aryl methyl sites for hydroxylation is 1. The summed E-state index contributed by atoms with van der Waals surface area (Å²) in [5, 5.41) is 13.2. The van der Waals surface area contributed by atoms with Crippen LogP contribution in [0, 0.1) is 0 Å². The van der Waals surface area contributed by atoms with Crippen molar-refractivity contribution in [1.82, 2.24) is 14.5 Å². The van der Waals surface area contributed by atoms with Crippen molar-refractivity contribution in [3.8, 4) is 0 Å². The van der Waals surface area contributed by atoms with E-state index in [1.54, 1.807) is 7.05 Å².